The van der Waals surface area contributed by atoms with Crippen LogP contribution >= 0.6 is 0 Å². The Morgan fingerprint density at radius 1 is 0.900 bits per heavy atom. The van der Waals surface area contributed by atoms with Gasteiger partial charge in [0, 0.05) is 0 Å². The number of aliphatic hydroxyl groups is 6. The molecule has 2 unspecified atom stereocenters. The number of carbonyl (C=O) groups excluding carboxylic acids is 2. The van der Waals surface area contributed by atoms with Gasteiger partial charge in [-0.25, -0.2) is 4.79 Å². The minimum Gasteiger partial charge on any atom is -0.505 e. The maximum atomic E-state index is 12.9. The summed E-state index contributed by atoms with van der Waals surface area (Å²) in [5, 5.41) is 60.3. The van der Waals surface area contributed by atoms with Crippen molar-refractivity contribution in [2.45, 2.75) is 134 Å². The first kappa shape index (κ1) is 34.2. The van der Waals surface area contributed by atoms with Crippen molar-refractivity contribution in [2.75, 3.05) is 13.2 Å². The fraction of sp³-hybridized carbons (Fsp3) is 0.857. The molecule has 0 aliphatic carbocycles. The van der Waals surface area contributed by atoms with E-state index in [1.807, 2.05) is 0 Å². The Balaban J connectivity index is 1.95. The minimum absolute atomic E-state index is 0.309. The number of hydrogen-bond acceptors (Lipinski definition) is 12. The molecule has 2 heterocycles. The van der Waals surface area contributed by atoms with Gasteiger partial charge in [-0.2, -0.15) is 0 Å². The summed E-state index contributed by atoms with van der Waals surface area (Å²) in [5.74, 6) is -3.53. The Morgan fingerprint density at radius 3 is 2.02 bits per heavy atom. The third-order valence-corrected chi connectivity index (χ3v) is 7.40. The molecule has 0 radical (unpaired) electrons. The van der Waals surface area contributed by atoms with E-state index in [1.54, 1.807) is 0 Å². The highest BCUT2D eigenvalue weighted by molar-refractivity contribution is 5.89. The van der Waals surface area contributed by atoms with E-state index in [1.165, 1.54) is 0 Å². The minimum atomic E-state index is -1.82. The second-order valence-corrected chi connectivity index (χ2v) is 10.7. The Bertz CT molecular complexity index is 786. The molecule has 2 rings (SSSR count). The predicted molar refractivity (Wildman–Crippen MR) is 142 cm³/mol. The van der Waals surface area contributed by atoms with Gasteiger partial charge in [-0.3, -0.25) is 4.79 Å². The van der Waals surface area contributed by atoms with Gasteiger partial charge in [0.05, 0.1) is 12.5 Å². The summed E-state index contributed by atoms with van der Waals surface area (Å²) in [6, 6.07) is 0. The average Bonchev–Trinajstić information content (AvgIpc) is 3.22. The van der Waals surface area contributed by atoms with Crippen LogP contribution in [0.4, 0.5) is 0 Å². The molecule has 12 heteroatoms. The van der Waals surface area contributed by atoms with Crippen LogP contribution in [-0.2, 0) is 28.5 Å². The third-order valence-electron chi connectivity index (χ3n) is 7.40. The molecule has 232 valence electrons. The van der Waals surface area contributed by atoms with E-state index >= 15 is 0 Å². The highest BCUT2D eigenvalue weighted by Crippen LogP contribution is 2.30. The lowest BCUT2D eigenvalue weighted by Crippen LogP contribution is -2.59. The molecule has 0 aromatic heterocycles. The molecule has 0 amide bonds. The van der Waals surface area contributed by atoms with Crippen molar-refractivity contribution in [3.05, 3.63) is 11.5 Å². The molecule has 40 heavy (non-hydrogen) atoms. The second-order valence-electron chi connectivity index (χ2n) is 10.7. The summed E-state index contributed by atoms with van der Waals surface area (Å²) in [4.78, 5) is 25.2. The molecule has 0 bridgehead atoms. The van der Waals surface area contributed by atoms with Crippen molar-refractivity contribution < 1.29 is 59.2 Å². The van der Waals surface area contributed by atoms with Gasteiger partial charge in [0.25, 0.3) is 0 Å². The van der Waals surface area contributed by atoms with Crippen LogP contribution in [0.25, 0.3) is 0 Å². The van der Waals surface area contributed by atoms with Crippen molar-refractivity contribution >= 4 is 11.9 Å². The van der Waals surface area contributed by atoms with E-state index in [2.05, 4.69) is 13.8 Å². The van der Waals surface area contributed by atoms with Crippen molar-refractivity contribution in [1.82, 2.24) is 0 Å². The molecule has 6 N–H and O–H groups in total. The molecule has 12 nitrogen and oxygen atoms in total. The van der Waals surface area contributed by atoms with Crippen LogP contribution in [0.5, 0.6) is 0 Å². The zero-order valence-electron chi connectivity index (χ0n) is 23.7. The van der Waals surface area contributed by atoms with Gasteiger partial charge in [0.1, 0.15) is 37.1 Å². The van der Waals surface area contributed by atoms with Gasteiger partial charge in [0.2, 0.25) is 12.0 Å². The summed E-state index contributed by atoms with van der Waals surface area (Å²) in [7, 11) is 0. The first-order valence-corrected chi connectivity index (χ1v) is 14.6. The normalized spacial score (nSPS) is 27.6. The Morgan fingerprint density at radius 2 is 1.48 bits per heavy atom. The number of hydrogen-bond donors (Lipinski definition) is 6. The van der Waals surface area contributed by atoms with Crippen molar-refractivity contribution in [3.63, 3.8) is 0 Å². The number of unbranched alkanes of at least 4 members (excludes halogenated alkanes) is 8. The number of carbonyl (C=O) groups is 2. The molecule has 2 aliphatic rings. The van der Waals surface area contributed by atoms with Gasteiger partial charge in [-0.05, 0) is 12.8 Å². The van der Waals surface area contributed by atoms with E-state index in [-0.39, 0.29) is 5.92 Å². The van der Waals surface area contributed by atoms with Crippen LogP contribution in [0.2, 0.25) is 0 Å². The standard InChI is InChI=1S/C28H48O12/c1-3-5-7-9-11-13-17(14-12-10-8-6-4-2)26(35)37-16-18(30)24-23(34)25(27(36)39-24)40-28-22(33)21(32)20(31)19(15-29)38-28/h17-22,24,28-34H,3-16H2,1-2H3/t18?,19-,20-,21+,22-,24?,28-/m1/s1. The smallest absolute Gasteiger partial charge is 0.378 e. The fourth-order valence-corrected chi connectivity index (χ4v) is 4.85. The summed E-state index contributed by atoms with van der Waals surface area (Å²) in [5.41, 5.74) is 0. The SMILES string of the molecule is CCCCCCCC(CCCCCCC)C(=O)OCC(O)C1OC(=O)C(O[C@H]2O[C@H](CO)[C@@H](O)[C@H](O)[C@H]2O)=C1O. The number of rotatable bonds is 19. The van der Waals surface area contributed by atoms with Crippen molar-refractivity contribution in [1.29, 1.82) is 0 Å². The highest BCUT2D eigenvalue weighted by Gasteiger charge is 2.48. The summed E-state index contributed by atoms with van der Waals surface area (Å²) >= 11 is 0. The third kappa shape index (κ3) is 9.85. The van der Waals surface area contributed by atoms with E-state index in [0.717, 1.165) is 64.2 Å². The van der Waals surface area contributed by atoms with E-state index in [0.29, 0.717) is 12.8 Å². The molecule has 1 fully saturated rings. The lowest BCUT2D eigenvalue weighted by Gasteiger charge is -2.39. The monoisotopic (exact) mass is 576 g/mol. The van der Waals surface area contributed by atoms with Gasteiger partial charge in [0.15, 0.2) is 11.9 Å². The van der Waals surface area contributed by atoms with Crippen LogP contribution in [0.15, 0.2) is 11.5 Å². The Kier molecular flexibility index (Phi) is 15.2. The molecule has 1 saturated heterocycles. The lowest BCUT2D eigenvalue weighted by molar-refractivity contribution is -0.291. The van der Waals surface area contributed by atoms with Gasteiger partial charge >= 0.3 is 11.9 Å². The maximum absolute atomic E-state index is 12.9. The highest BCUT2D eigenvalue weighted by atomic mass is 16.7. The zero-order chi connectivity index (χ0) is 29.7. The molecule has 7 atom stereocenters. The summed E-state index contributed by atoms with van der Waals surface area (Å²) in [6.45, 7) is 3.03. The van der Waals surface area contributed by atoms with E-state index in [4.69, 9.17) is 18.9 Å². The van der Waals surface area contributed by atoms with Crippen LogP contribution in [0, 0.1) is 5.92 Å². The second kappa shape index (κ2) is 17.8. The topological polar surface area (TPSA) is 192 Å². The fourth-order valence-electron chi connectivity index (χ4n) is 4.85. The molecular formula is C28H48O12. The van der Waals surface area contributed by atoms with E-state index in [9.17, 15) is 40.2 Å². The van der Waals surface area contributed by atoms with Crippen LogP contribution in [0.1, 0.15) is 90.9 Å². The van der Waals surface area contributed by atoms with Crippen LogP contribution < -0.4 is 0 Å². The van der Waals surface area contributed by atoms with Crippen LogP contribution in [-0.4, -0.2) is 98.7 Å². The van der Waals surface area contributed by atoms with Gasteiger partial charge in [-0.15, -0.1) is 0 Å². The maximum Gasteiger partial charge on any atom is 0.378 e. The quantitative estimate of drug-likeness (QED) is 0.0965. The molecule has 0 saturated carbocycles. The number of aliphatic hydroxyl groups excluding tert-OH is 6. The van der Waals surface area contributed by atoms with Gasteiger partial charge in [-0.1, -0.05) is 78.1 Å². The molecule has 0 spiro atoms. The Labute approximate surface area is 235 Å². The van der Waals surface area contributed by atoms with Crippen LogP contribution in [0.3, 0.4) is 0 Å². The van der Waals surface area contributed by atoms with Crippen molar-refractivity contribution in [2.24, 2.45) is 5.92 Å². The first-order chi connectivity index (χ1) is 19.2. The summed E-state index contributed by atoms with van der Waals surface area (Å²) < 4.78 is 20.8. The molecule has 0 aromatic carbocycles. The first-order valence-electron chi connectivity index (χ1n) is 14.6. The Hall–Kier alpha value is -1.96. The predicted octanol–water partition coefficient (Wildman–Crippen LogP) is 1.74. The number of ether oxygens (including phenoxy) is 4. The number of cyclic esters (lactones) is 1. The van der Waals surface area contributed by atoms with Gasteiger partial charge < -0.3 is 49.6 Å². The summed E-state index contributed by atoms with van der Waals surface area (Å²) in [6.07, 6.45) is 0.576. The number of esters is 2. The van der Waals surface area contributed by atoms with Crippen molar-refractivity contribution in [3.8, 4) is 0 Å². The lowest BCUT2D eigenvalue weighted by atomic mass is 9.94. The largest absolute Gasteiger partial charge is 0.505 e. The molecule has 2 aliphatic heterocycles. The molecular weight excluding hydrogens is 528 g/mol. The van der Waals surface area contributed by atoms with E-state index < -0.39 is 79.6 Å². The average molecular weight is 577 g/mol. The molecule has 0 aromatic rings. The zero-order valence-corrected chi connectivity index (χ0v) is 23.7.